The van der Waals surface area contributed by atoms with Crippen LogP contribution in [0.5, 0.6) is 0 Å². The summed E-state index contributed by atoms with van der Waals surface area (Å²) in [5, 5.41) is 3.96. The van der Waals surface area contributed by atoms with Gasteiger partial charge in [-0.2, -0.15) is 4.98 Å². The van der Waals surface area contributed by atoms with E-state index in [9.17, 15) is 0 Å². The highest BCUT2D eigenvalue weighted by Gasteiger charge is 2.27. The third-order valence-electron chi connectivity index (χ3n) is 1.60. The molecule has 0 aliphatic carbocycles. The molecular formula is C9H15IN2O. The number of hydrogen-bond donors (Lipinski definition) is 0. The molecule has 0 aliphatic rings. The molecule has 0 N–H and O–H groups in total. The number of aromatic nitrogens is 2. The Balaban J connectivity index is 3.01. The van der Waals surface area contributed by atoms with E-state index < -0.39 is 0 Å². The topological polar surface area (TPSA) is 38.9 Å². The third kappa shape index (κ3) is 2.65. The second kappa shape index (κ2) is 3.22. The van der Waals surface area contributed by atoms with Gasteiger partial charge in [-0.05, 0) is 13.8 Å². The Bertz CT molecular complexity index is 265. The summed E-state index contributed by atoms with van der Waals surface area (Å²) < 4.78 is 5.12. The molecule has 74 valence electrons. The van der Waals surface area contributed by atoms with E-state index in [4.69, 9.17) is 4.52 Å². The van der Waals surface area contributed by atoms with Crippen LogP contribution in [0.3, 0.4) is 0 Å². The highest BCUT2D eigenvalue weighted by molar-refractivity contribution is 14.1. The van der Waals surface area contributed by atoms with E-state index in [1.807, 2.05) is 0 Å². The van der Waals surface area contributed by atoms with Gasteiger partial charge in [-0.15, -0.1) is 0 Å². The normalized spacial score (nSPS) is 13.4. The molecule has 0 saturated carbocycles. The molecule has 3 nitrogen and oxygen atoms in total. The van der Waals surface area contributed by atoms with Crippen LogP contribution in [-0.4, -0.2) is 10.1 Å². The molecule has 4 heteroatoms. The highest BCUT2D eigenvalue weighted by atomic mass is 127. The minimum Gasteiger partial charge on any atom is -0.339 e. The maximum Gasteiger partial charge on any atom is 0.232 e. The highest BCUT2D eigenvalue weighted by Crippen LogP contribution is 2.30. The zero-order valence-electron chi connectivity index (χ0n) is 8.68. The molecule has 1 aromatic rings. The fourth-order valence-corrected chi connectivity index (χ4v) is 0.989. The minimum absolute atomic E-state index is 0.0624. The summed E-state index contributed by atoms with van der Waals surface area (Å²) in [5.41, 5.74) is -0.0624. The standard InChI is InChI=1S/C9H15IN2O/c1-8(2,3)7-11-6(12-13-7)9(4,5)10/h1-5H3. The van der Waals surface area contributed by atoms with E-state index >= 15 is 0 Å². The fourth-order valence-electron chi connectivity index (χ4n) is 0.770. The minimum atomic E-state index is -0.0647. The first-order valence-corrected chi connectivity index (χ1v) is 5.33. The third-order valence-corrected chi connectivity index (χ3v) is 2.08. The summed E-state index contributed by atoms with van der Waals surface area (Å²) in [4.78, 5) is 4.37. The SMILES string of the molecule is CC(C)(C)c1nc(C(C)(C)I)no1. The number of nitrogens with zero attached hydrogens (tertiary/aromatic N) is 2. The van der Waals surface area contributed by atoms with Crippen LogP contribution in [0, 0.1) is 0 Å². The number of alkyl halides is 1. The molecule has 0 saturated heterocycles. The largest absolute Gasteiger partial charge is 0.339 e. The zero-order valence-corrected chi connectivity index (χ0v) is 10.8. The Morgan fingerprint density at radius 1 is 1.15 bits per heavy atom. The molecule has 1 rings (SSSR count). The lowest BCUT2D eigenvalue weighted by Gasteiger charge is -2.12. The van der Waals surface area contributed by atoms with Gasteiger partial charge in [0.1, 0.15) is 0 Å². The van der Waals surface area contributed by atoms with Crippen LogP contribution >= 0.6 is 22.6 Å². The van der Waals surface area contributed by atoms with E-state index in [1.54, 1.807) is 0 Å². The lowest BCUT2D eigenvalue weighted by Crippen LogP contribution is -2.13. The van der Waals surface area contributed by atoms with Crippen molar-refractivity contribution in [2.24, 2.45) is 0 Å². The Morgan fingerprint density at radius 3 is 1.92 bits per heavy atom. The van der Waals surface area contributed by atoms with E-state index in [0.717, 1.165) is 5.82 Å². The Labute approximate surface area is 92.4 Å². The van der Waals surface area contributed by atoms with E-state index in [2.05, 4.69) is 67.4 Å². The molecule has 0 unspecified atom stereocenters. The number of halogens is 1. The van der Waals surface area contributed by atoms with Crippen molar-refractivity contribution in [2.75, 3.05) is 0 Å². The summed E-state index contributed by atoms with van der Waals surface area (Å²) >= 11 is 2.30. The summed E-state index contributed by atoms with van der Waals surface area (Å²) in [5.74, 6) is 1.46. The van der Waals surface area contributed by atoms with Gasteiger partial charge in [-0.1, -0.05) is 48.5 Å². The van der Waals surface area contributed by atoms with Crippen LogP contribution in [0.2, 0.25) is 0 Å². The molecule has 13 heavy (non-hydrogen) atoms. The van der Waals surface area contributed by atoms with Crippen molar-refractivity contribution in [1.29, 1.82) is 0 Å². The summed E-state index contributed by atoms with van der Waals surface area (Å²) in [6.07, 6.45) is 0. The monoisotopic (exact) mass is 294 g/mol. The first-order chi connectivity index (χ1) is 5.71. The Hall–Kier alpha value is -0.130. The molecule has 1 heterocycles. The van der Waals surface area contributed by atoms with E-state index in [-0.39, 0.29) is 8.84 Å². The second-order valence-electron chi connectivity index (χ2n) is 4.65. The van der Waals surface area contributed by atoms with Crippen LogP contribution in [-0.2, 0) is 8.84 Å². The summed E-state index contributed by atoms with van der Waals surface area (Å²) in [6.45, 7) is 10.3. The van der Waals surface area contributed by atoms with Crippen molar-refractivity contribution in [3.05, 3.63) is 11.7 Å². The van der Waals surface area contributed by atoms with E-state index in [0.29, 0.717) is 5.89 Å². The quantitative estimate of drug-likeness (QED) is 0.590. The lowest BCUT2D eigenvalue weighted by atomic mass is 9.97. The van der Waals surface area contributed by atoms with Crippen LogP contribution in [0.4, 0.5) is 0 Å². The molecule has 0 fully saturated rings. The van der Waals surface area contributed by atoms with Crippen molar-refractivity contribution >= 4 is 22.6 Å². The van der Waals surface area contributed by atoms with Gasteiger partial charge in [-0.25, -0.2) is 0 Å². The van der Waals surface area contributed by atoms with Crippen LogP contribution in [0.25, 0.3) is 0 Å². The average molecular weight is 294 g/mol. The second-order valence-corrected chi connectivity index (χ2v) is 7.34. The average Bonchev–Trinajstić information content (AvgIpc) is 2.28. The van der Waals surface area contributed by atoms with Gasteiger partial charge in [0.15, 0.2) is 5.82 Å². The Morgan fingerprint density at radius 2 is 1.69 bits per heavy atom. The molecule has 0 bridgehead atoms. The van der Waals surface area contributed by atoms with Crippen molar-refractivity contribution in [2.45, 2.75) is 43.5 Å². The van der Waals surface area contributed by atoms with Gasteiger partial charge in [-0.3, -0.25) is 0 Å². The lowest BCUT2D eigenvalue weighted by molar-refractivity contribution is 0.317. The molecule has 0 aliphatic heterocycles. The van der Waals surface area contributed by atoms with Crippen LogP contribution in [0.1, 0.15) is 46.3 Å². The molecular weight excluding hydrogens is 279 g/mol. The summed E-state index contributed by atoms with van der Waals surface area (Å²) in [7, 11) is 0. The summed E-state index contributed by atoms with van der Waals surface area (Å²) in [6, 6.07) is 0. The zero-order chi connectivity index (χ0) is 10.3. The smallest absolute Gasteiger partial charge is 0.232 e. The van der Waals surface area contributed by atoms with Gasteiger partial charge < -0.3 is 4.52 Å². The van der Waals surface area contributed by atoms with Crippen LogP contribution < -0.4 is 0 Å². The van der Waals surface area contributed by atoms with Crippen molar-refractivity contribution in [3.63, 3.8) is 0 Å². The molecule has 0 atom stereocenters. The van der Waals surface area contributed by atoms with Crippen molar-refractivity contribution in [3.8, 4) is 0 Å². The Kier molecular flexibility index (Phi) is 2.71. The molecule has 0 amide bonds. The van der Waals surface area contributed by atoms with Crippen LogP contribution in [0.15, 0.2) is 4.52 Å². The first kappa shape index (κ1) is 10.9. The fraction of sp³-hybridized carbons (Fsp3) is 0.778. The van der Waals surface area contributed by atoms with E-state index in [1.165, 1.54) is 0 Å². The maximum absolute atomic E-state index is 5.19. The van der Waals surface area contributed by atoms with Gasteiger partial charge in [0.2, 0.25) is 5.89 Å². The van der Waals surface area contributed by atoms with Crippen molar-refractivity contribution < 1.29 is 4.52 Å². The predicted molar refractivity (Wildman–Crippen MR) is 60.0 cm³/mol. The molecule has 0 spiro atoms. The molecule has 1 aromatic heterocycles. The van der Waals surface area contributed by atoms with Gasteiger partial charge in [0.25, 0.3) is 0 Å². The first-order valence-electron chi connectivity index (χ1n) is 4.25. The van der Waals surface area contributed by atoms with Crippen molar-refractivity contribution in [1.82, 2.24) is 10.1 Å². The van der Waals surface area contributed by atoms with Gasteiger partial charge in [0.05, 0.1) is 3.42 Å². The van der Waals surface area contributed by atoms with Gasteiger partial charge in [0, 0.05) is 5.41 Å². The predicted octanol–water partition coefficient (Wildman–Crippen LogP) is 3.04. The molecule has 0 radical (unpaired) electrons. The van der Waals surface area contributed by atoms with Gasteiger partial charge >= 0.3 is 0 Å². The number of hydrogen-bond acceptors (Lipinski definition) is 3. The maximum atomic E-state index is 5.19. The number of rotatable bonds is 1. The molecule has 0 aromatic carbocycles.